The quantitative estimate of drug-likeness (QED) is 0.843. The molecule has 1 aliphatic rings. The minimum atomic E-state index is -0.0443. The van der Waals surface area contributed by atoms with Gasteiger partial charge in [0.15, 0.2) is 0 Å². The average Bonchev–Trinajstić information content (AvgIpc) is 2.36. The highest BCUT2D eigenvalue weighted by Gasteiger charge is 2.26. The van der Waals surface area contributed by atoms with Crippen LogP contribution < -0.4 is 11.1 Å². The molecule has 110 valence electrons. The lowest BCUT2D eigenvalue weighted by Crippen LogP contribution is -2.41. The van der Waals surface area contributed by atoms with Crippen LogP contribution in [-0.4, -0.2) is 30.4 Å². The van der Waals surface area contributed by atoms with Crippen molar-refractivity contribution in [2.75, 3.05) is 30.7 Å². The summed E-state index contributed by atoms with van der Waals surface area (Å²) in [5.41, 5.74) is 7.26. The lowest BCUT2D eigenvalue weighted by Gasteiger charge is -2.36. The Morgan fingerprint density at radius 2 is 2.05 bits per heavy atom. The SMILES string of the molecule is CC1(C)CCN(CC(=O)Nc2cc(N)ccc2Cl)CC1. The van der Waals surface area contributed by atoms with E-state index in [-0.39, 0.29) is 5.91 Å². The number of anilines is 2. The van der Waals surface area contributed by atoms with E-state index in [0.717, 1.165) is 25.9 Å². The first-order valence-electron chi connectivity index (χ1n) is 6.93. The molecule has 0 aromatic heterocycles. The predicted molar refractivity (Wildman–Crippen MR) is 83.9 cm³/mol. The largest absolute Gasteiger partial charge is 0.399 e. The van der Waals surface area contributed by atoms with Crippen LogP contribution in [0.15, 0.2) is 18.2 Å². The van der Waals surface area contributed by atoms with E-state index in [1.54, 1.807) is 18.2 Å². The Hall–Kier alpha value is -1.26. The number of halogens is 1. The third-order valence-corrected chi connectivity index (χ3v) is 4.17. The van der Waals surface area contributed by atoms with Gasteiger partial charge in [-0.05, 0) is 49.5 Å². The van der Waals surface area contributed by atoms with E-state index in [1.807, 2.05) is 0 Å². The van der Waals surface area contributed by atoms with Crippen LogP contribution in [0.4, 0.5) is 11.4 Å². The molecule has 0 saturated carbocycles. The van der Waals surface area contributed by atoms with Crippen molar-refractivity contribution in [1.82, 2.24) is 4.90 Å². The molecule has 0 bridgehead atoms. The highest BCUT2D eigenvalue weighted by atomic mass is 35.5. The molecule has 0 aliphatic carbocycles. The van der Waals surface area contributed by atoms with Crippen molar-refractivity contribution in [3.05, 3.63) is 23.2 Å². The maximum Gasteiger partial charge on any atom is 0.238 e. The highest BCUT2D eigenvalue weighted by molar-refractivity contribution is 6.33. The van der Waals surface area contributed by atoms with Gasteiger partial charge in [0.2, 0.25) is 5.91 Å². The van der Waals surface area contributed by atoms with Crippen LogP contribution in [0.1, 0.15) is 26.7 Å². The maximum absolute atomic E-state index is 12.1. The molecule has 20 heavy (non-hydrogen) atoms. The van der Waals surface area contributed by atoms with Gasteiger partial charge in [-0.3, -0.25) is 9.69 Å². The molecule has 4 nitrogen and oxygen atoms in total. The Kier molecular flexibility index (Phi) is 4.55. The highest BCUT2D eigenvalue weighted by Crippen LogP contribution is 2.29. The fourth-order valence-electron chi connectivity index (χ4n) is 2.35. The number of rotatable bonds is 3. The first-order chi connectivity index (χ1) is 9.35. The van der Waals surface area contributed by atoms with E-state index in [0.29, 0.717) is 28.4 Å². The van der Waals surface area contributed by atoms with Crippen LogP contribution >= 0.6 is 11.6 Å². The normalized spacial score (nSPS) is 18.8. The molecule has 0 spiro atoms. The molecule has 1 amide bonds. The summed E-state index contributed by atoms with van der Waals surface area (Å²) in [7, 11) is 0. The molecule has 3 N–H and O–H groups in total. The first-order valence-corrected chi connectivity index (χ1v) is 7.31. The lowest BCUT2D eigenvalue weighted by molar-refractivity contribution is -0.117. The summed E-state index contributed by atoms with van der Waals surface area (Å²) in [6.07, 6.45) is 2.25. The lowest BCUT2D eigenvalue weighted by atomic mass is 9.83. The summed E-state index contributed by atoms with van der Waals surface area (Å²) in [6.45, 7) is 6.88. The van der Waals surface area contributed by atoms with E-state index >= 15 is 0 Å². The summed E-state index contributed by atoms with van der Waals surface area (Å²) >= 11 is 6.04. The number of likely N-dealkylation sites (tertiary alicyclic amines) is 1. The van der Waals surface area contributed by atoms with Crippen LogP contribution in [0.5, 0.6) is 0 Å². The third-order valence-electron chi connectivity index (χ3n) is 3.84. The number of hydrogen-bond acceptors (Lipinski definition) is 3. The number of benzene rings is 1. The van der Waals surface area contributed by atoms with Crippen molar-refractivity contribution in [3.63, 3.8) is 0 Å². The standard InChI is InChI=1S/C15H22ClN3O/c1-15(2)5-7-19(8-6-15)10-14(20)18-13-9-11(17)3-4-12(13)16/h3-4,9H,5-8,10,17H2,1-2H3,(H,18,20). The summed E-state index contributed by atoms with van der Waals surface area (Å²) in [6, 6.07) is 5.08. The zero-order valence-electron chi connectivity index (χ0n) is 12.1. The fraction of sp³-hybridized carbons (Fsp3) is 0.533. The summed E-state index contributed by atoms with van der Waals surface area (Å²) in [5, 5.41) is 3.33. The molecular formula is C15H22ClN3O. The number of carbonyl (C=O) groups is 1. The van der Waals surface area contributed by atoms with Crippen LogP contribution in [0.25, 0.3) is 0 Å². The monoisotopic (exact) mass is 295 g/mol. The number of piperidine rings is 1. The molecule has 5 heteroatoms. The Morgan fingerprint density at radius 3 is 2.70 bits per heavy atom. The number of nitrogen functional groups attached to an aromatic ring is 1. The van der Waals surface area contributed by atoms with Gasteiger partial charge >= 0.3 is 0 Å². The van der Waals surface area contributed by atoms with Crippen LogP contribution in [0.3, 0.4) is 0 Å². The van der Waals surface area contributed by atoms with Crippen molar-refractivity contribution in [3.8, 4) is 0 Å². The summed E-state index contributed by atoms with van der Waals surface area (Å²) in [5.74, 6) is -0.0443. The molecule has 0 unspecified atom stereocenters. The first kappa shape index (κ1) is 15.1. The van der Waals surface area contributed by atoms with Gasteiger partial charge in [0, 0.05) is 5.69 Å². The molecule has 1 aliphatic heterocycles. The van der Waals surface area contributed by atoms with Gasteiger partial charge in [0.25, 0.3) is 0 Å². The minimum Gasteiger partial charge on any atom is -0.399 e. The van der Waals surface area contributed by atoms with Gasteiger partial charge in [-0.25, -0.2) is 0 Å². The van der Waals surface area contributed by atoms with Crippen LogP contribution in [-0.2, 0) is 4.79 Å². The van der Waals surface area contributed by atoms with E-state index in [4.69, 9.17) is 17.3 Å². The number of hydrogen-bond donors (Lipinski definition) is 2. The van der Waals surface area contributed by atoms with E-state index in [9.17, 15) is 4.79 Å². The zero-order valence-corrected chi connectivity index (χ0v) is 12.8. The Labute approximate surface area is 125 Å². The Bertz CT molecular complexity index is 492. The van der Waals surface area contributed by atoms with E-state index < -0.39 is 0 Å². The van der Waals surface area contributed by atoms with Gasteiger partial charge in [-0.1, -0.05) is 25.4 Å². The van der Waals surface area contributed by atoms with Gasteiger partial charge in [0.1, 0.15) is 0 Å². The van der Waals surface area contributed by atoms with Crippen LogP contribution in [0.2, 0.25) is 5.02 Å². The van der Waals surface area contributed by atoms with Crippen molar-refractivity contribution in [2.24, 2.45) is 5.41 Å². The van der Waals surface area contributed by atoms with E-state index in [1.165, 1.54) is 0 Å². The second-order valence-electron chi connectivity index (χ2n) is 6.23. The molecule has 1 fully saturated rings. The molecule has 2 rings (SSSR count). The number of carbonyl (C=O) groups excluding carboxylic acids is 1. The predicted octanol–water partition coefficient (Wildman–Crippen LogP) is 2.98. The molecule has 1 aromatic carbocycles. The van der Waals surface area contributed by atoms with Crippen molar-refractivity contribution < 1.29 is 4.79 Å². The van der Waals surface area contributed by atoms with Gasteiger partial charge in [-0.15, -0.1) is 0 Å². The Balaban J connectivity index is 1.88. The molecule has 1 heterocycles. The third kappa shape index (κ3) is 4.12. The molecule has 1 aromatic rings. The van der Waals surface area contributed by atoms with Crippen molar-refractivity contribution in [2.45, 2.75) is 26.7 Å². The number of nitrogens with two attached hydrogens (primary N) is 1. The van der Waals surface area contributed by atoms with Crippen LogP contribution in [0, 0.1) is 5.41 Å². The molecule has 0 atom stereocenters. The number of nitrogens with zero attached hydrogens (tertiary/aromatic N) is 1. The van der Waals surface area contributed by atoms with Crippen molar-refractivity contribution in [1.29, 1.82) is 0 Å². The Morgan fingerprint density at radius 1 is 1.40 bits per heavy atom. The average molecular weight is 296 g/mol. The van der Waals surface area contributed by atoms with Gasteiger partial charge in [0.05, 0.1) is 17.3 Å². The zero-order chi connectivity index (χ0) is 14.8. The topological polar surface area (TPSA) is 58.4 Å². The maximum atomic E-state index is 12.1. The summed E-state index contributed by atoms with van der Waals surface area (Å²) < 4.78 is 0. The number of amides is 1. The number of nitrogens with one attached hydrogen (secondary N) is 1. The molecule has 0 radical (unpaired) electrons. The smallest absolute Gasteiger partial charge is 0.238 e. The minimum absolute atomic E-state index is 0.0443. The summed E-state index contributed by atoms with van der Waals surface area (Å²) in [4.78, 5) is 14.2. The fourth-order valence-corrected chi connectivity index (χ4v) is 2.51. The van der Waals surface area contributed by atoms with E-state index in [2.05, 4.69) is 24.1 Å². The van der Waals surface area contributed by atoms with Crippen molar-refractivity contribution >= 4 is 28.9 Å². The molecular weight excluding hydrogens is 274 g/mol. The van der Waals surface area contributed by atoms with Gasteiger partial charge in [-0.2, -0.15) is 0 Å². The second kappa shape index (κ2) is 6.02. The van der Waals surface area contributed by atoms with Gasteiger partial charge < -0.3 is 11.1 Å². The second-order valence-corrected chi connectivity index (χ2v) is 6.64. The molecule has 1 saturated heterocycles.